The van der Waals surface area contributed by atoms with Crippen molar-refractivity contribution in [2.75, 3.05) is 30.4 Å². The van der Waals surface area contributed by atoms with Gasteiger partial charge in [-0.1, -0.05) is 29.0 Å². The molecule has 0 radical (unpaired) electrons. The quantitative estimate of drug-likeness (QED) is 0.371. The van der Waals surface area contributed by atoms with E-state index in [4.69, 9.17) is 26.1 Å². The fourth-order valence-corrected chi connectivity index (χ4v) is 5.50. The van der Waals surface area contributed by atoms with Gasteiger partial charge in [0, 0.05) is 19.3 Å². The molecule has 2 N–H and O–H groups in total. The smallest absolute Gasteiger partial charge is 0.183 e. The van der Waals surface area contributed by atoms with Crippen LogP contribution in [-0.4, -0.2) is 31.3 Å². The van der Waals surface area contributed by atoms with E-state index in [9.17, 15) is 4.39 Å². The van der Waals surface area contributed by atoms with Gasteiger partial charge in [0.05, 0.1) is 33.3 Å². The molecule has 4 rings (SSSR count). The van der Waals surface area contributed by atoms with Gasteiger partial charge in [-0.15, -0.1) is 0 Å². The number of aromatic nitrogens is 1. The zero-order valence-corrected chi connectivity index (χ0v) is 19.6. The van der Waals surface area contributed by atoms with Crippen LogP contribution in [0, 0.1) is 12.7 Å². The van der Waals surface area contributed by atoms with Crippen LogP contribution in [-0.2, 0) is 4.74 Å². The summed E-state index contributed by atoms with van der Waals surface area (Å²) in [6.45, 7) is 3.58. The number of rotatable bonds is 7. The van der Waals surface area contributed by atoms with E-state index in [1.165, 1.54) is 18.0 Å². The van der Waals surface area contributed by atoms with Crippen molar-refractivity contribution in [3.05, 3.63) is 52.9 Å². The molecule has 3 aromatic rings. The number of nitrogens with zero attached hydrogens (tertiary/aromatic N) is 1. The highest BCUT2D eigenvalue weighted by Gasteiger charge is 2.18. The van der Waals surface area contributed by atoms with Crippen molar-refractivity contribution >= 4 is 45.7 Å². The monoisotopic (exact) mass is 479 g/mol. The van der Waals surface area contributed by atoms with E-state index in [0.717, 1.165) is 52.2 Å². The first-order chi connectivity index (χ1) is 15.0. The fourth-order valence-electron chi connectivity index (χ4n) is 3.34. The Morgan fingerprint density at radius 3 is 2.81 bits per heavy atom. The summed E-state index contributed by atoms with van der Waals surface area (Å²) in [5.41, 5.74) is 2.24. The highest BCUT2D eigenvalue weighted by atomic mass is 35.5. The predicted octanol–water partition coefficient (Wildman–Crippen LogP) is 6.63. The van der Waals surface area contributed by atoms with Gasteiger partial charge in [0.2, 0.25) is 0 Å². The van der Waals surface area contributed by atoms with Crippen LogP contribution in [0.3, 0.4) is 0 Å². The molecule has 0 unspecified atom stereocenters. The SMILES string of the molecule is COc1ccc(-c2sc(NC3CCOCC3)nc2C)cc1SNc1c(F)cccc1Cl. The summed E-state index contributed by atoms with van der Waals surface area (Å²) < 4.78 is 28.1. The van der Waals surface area contributed by atoms with E-state index in [0.29, 0.717) is 16.8 Å². The molecular weight excluding hydrogens is 457 g/mol. The number of methoxy groups -OCH3 is 1. The molecule has 0 amide bonds. The second-order valence-corrected chi connectivity index (χ2v) is 9.39. The van der Waals surface area contributed by atoms with Gasteiger partial charge in [-0.3, -0.25) is 0 Å². The number of para-hydroxylation sites is 1. The second-order valence-electron chi connectivity index (χ2n) is 7.13. The normalized spacial score (nSPS) is 14.5. The first-order valence-electron chi connectivity index (χ1n) is 9.92. The minimum absolute atomic E-state index is 0.249. The lowest BCUT2D eigenvalue weighted by molar-refractivity contribution is 0.0904. The fraction of sp³-hybridized carbons (Fsp3) is 0.318. The highest BCUT2D eigenvalue weighted by Crippen LogP contribution is 2.39. The average Bonchev–Trinajstić information content (AvgIpc) is 3.14. The van der Waals surface area contributed by atoms with E-state index in [1.807, 2.05) is 25.1 Å². The first-order valence-corrected chi connectivity index (χ1v) is 11.9. The third-order valence-corrected chi connectivity index (χ3v) is 7.29. The Kier molecular flexibility index (Phi) is 7.22. The standard InChI is InChI=1S/C22H23ClFN3O2S2/c1-13-21(30-22(25-13)26-15-8-10-29-11-9-15)14-6-7-18(28-2)19(12-14)31-27-20-16(23)4-3-5-17(20)24/h3-7,12,15,27H,8-11H2,1-2H3,(H,25,26). The van der Waals surface area contributed by atoms with Gasteiger partial charge in [0.1, 0.15) is 11.6 Å². The third kappa shape index (κ3) is 5.26. The lowest BCUT2D eigenvalue weighted by atomic mass is 10.1. The molecule has 2 aromatic carbocycles. The van der Waals surface area contributed by atoms with Crippen molar-refractivity contribution in [2.45, 2.75) is 30.7 Å². The predicted molar refractivity (Wildman–Crippen MR) is 127 cm³/mol. The van der Waals surface area contributed by atoms with Gasteiger partial charge in [0.15, 0.2) is 5.13 Å². The van der Waals surface area contributed by atoms with Gasteiger partial charge in [-0.25, -0.2) is 9.37 Å². The van der Waals surface area contributed by atoms with Crippen molar-refractivity contribution in [1.29, 1.82) is 0 Å². The lowest BCUT2D eigenvalue weighted by Crippen LogP contribution is -2.27. The summed E-state index contributed by atoms with van der Waals surface area (Å²) in [5, 5.41) is 4.78. The molecule has 0 aliphatic carbocycles. The van der Waals surface area contributed by atoms with Crippen LogP contribution in [0.5, 0.6) is 5.75 Å². The van der Waals surface area contributed by atoms with Gasteiger partial charge in [0.25, 0.3) is 0 Å². The molecule has 2 heterocycles. The molecule has 1 fully saturated rings. The summed E-state index contributed by atoms with van der Waals surface area (Å²) in [5.74, 6) is 0.286. The van der Waals surface area contributed by atoms with Gasteiger partial charge >= 0.3 is 0 Å². The summed E-state index contributed by atoms with van der Waals surface area (Å²) in [6.07, 6.45) is 1.98. The zero-order valence-electron chi connectivity index (χ0n) is 17.2. The van der Waals surface area contributed by atoms with Crippen LogP contribution in [0.25, 0.3) is 10.4 Å². The third-order valence-electron chi connectivity index (χ3n) is 5.00. The number of nitrogens with one attached hydrogen (secondary N) is 2. The molecule has 1 aliphatic heterocycles. The van der Waals surface area contributed by atoms with Crippen LogP contribution in [0.15, 0.2) is 41.3 Å². The Labute approximate surface area is 194 Å². The Bertz CT molecular complexity index is 1040. The molecule has 0 atom stereocenters. The number of halogens is 2. The summed E-state index contributed by atoms with van der Waals surface area (Å²) in [4.78, 5) is 6.63. The van der Waals surface area contributed by atoms with E-state index >= 15 is 0 Å². The maximum atomic E-state index is 14.1. The molecule has 5 nitrogen and oxygen atoms in total. The minimum Gasteiger partial charge on any atom is -0.496 e. The van der Waals surface area contributed by atoms with Gasteiger partial charge in [-0.2, -0.15) is 0 Å². The van der Waals surface area contributed by atoms with Crippen molar-refractivity contribution in [1.82, 2.24) is 4.98 Å². The maximum Gasteiger partial charge on any atom is 0.183 e. The molecule has 1 aromatic heterocycles. The average molecular weight is 480 g/mol. The molecule has 0 saturated carbocycles. The number of hydrogen-bond donors (Lipinski definition) is 2. The number of thiazole rings is 1. The van der Waals surface area contributed by atoms with E-state index in [1.54, 1.807) is 30.6 Å². The molecule has 164 valence electrons. The van der Waals surface area contributed by atoms with Crippen LogP contribution in [0.4, 0.5) is 15.2 Å². The molecule has 0 bridgehead atoms. The topological polar surface area (TPSA) is 55.4 Å². The van der Waals surface area contributed by atoms with E-state index in [2.05, 4.69) is 10.0 Å². The van der Waals surface area contributed by atoms with Gasteiger partial charge in [-0.05, 0) is 67.6 Å². The van der Waals surface area contributed by atoms with Gasteiger partial charge < -0.3 is 19.5 Å². The summed E-state index contributed by atoms with van der Waals surface area (Å²) in [6, 6.07) is 10.9. The molecule has 1 aliphatic rings. The van der Waals surface area contributed by atoms with E-state index in [-0.39, 0.29) is 5.69 Å². The Morgan fingerprint density at radius 1 is 1.26 bits per heavy atom. The molecule has 0 spiro atoms. The van der Waals surface area contributed by atoms with Crippen molar-refractivity contribution < 1.29 is 13.9 Å². The highest BCUT2D eigenvalue weighted by molar-refractivity contribution is 8.00. The minimum atomic E-state index is -0.405. The Balaban J connectivity index is 1.55. The van der Waals surface area contributed by atoms with Crippen LogP contribution in [0.2, 0.25) is 5.02 Å². The Hall–Kier alpha value is -2.00. The molecule has 9 heteroatoms. The van der Waals surface area contributed by atoms with Crippen LogP contribution >= 0.6 is 34.9 Å². The molecule has 1 saturated heterocycles. The summed E-state index contributed by atoms with van der Waals surface area (Å²) >= 11 is 9.02. The number of hydrogen-bond acceptors (Lipinski definition) is 7. The Morgan fingerprint density at radius 2 is 2.06 bits per heavy atom. The van der Waals surface area contributed by atoms with Crippen LogP contribution in [0.1, 0.15) is 18.5 Å². The molecule has 31 heavy (non-hydrogen) atoms. The van der Waals surface area contributed by atoms with Crippen LogP contribution < -0.4 is 14.8 Å². The van der Waals surface area contributed by atoms with Crippen molar-refractivity contribution in [3.8, 4) is 16.2 Å². The number of ether oxygens (including phenoxy) is 2. The first kappa shape index (κ1) is 22.2. The van der Waals surface area contributed by atoms with Crippen molar-refractivity contribution in [2.24, 2.45) is 0 Å². The second kappa shape index (κ2) is 10.1. The number of benzene rings is 2. The zero-order chi connectivity index (χ0) is 21.8. The van der Waals surface area contributed by atoms with Crippen molar-refractivity contribution in [3.63, 3.8) is 0 Å². The molecular formula is C22H23ClFN3O2S2. The number of anilines is 2. The summed E-state index contributed by atoms with van der Waals surface area (Å²) in [7, 11) is 1.61. The van der Waals surface area contributed by atoms with E-state index < -0.39 is 5.82 Å². The lowest BCUT2D eigenvalue weighted by Gasteiger charge is -2.22. The number of aryl methyl sites for hydroxylation is 1. The maximum absolute atomic E-state index is 14.1. The largest absolute Gasteiger partial charge is 0.496 e.